The van der Waals surface area contributed by atoms with Gasteiger partial charge in [-0.15, -0.1) is 0 Å². The van der Waals surface area contributed by atoms with Crippen LogP contribution in [0.3, 0.4) is 0 Å². The summed E-state index contributed by atoms with van der Waals surface area (Å²) in [5, 5.41) is 18.4. The lowest BCUT2D eigenvalue weighted by molar-refractivity contribution is 0.0955. The Kier molecular flexibility index (Phi) is 5.75. The van der Waals surface area contributed by atoms with E-state index in [4.69, 9.17) is 4.74 Å². The summed E-state index contributed by atoms with van der Waals surface area (Å²) in [6, 6.07) is 23.9. The first kappa shape index (κ1) is 19.9. The molecule has 0 aliphatic carbocycles. The van der Waals surface area contributed by atoms with E-state index in [1.807, 2.05) is 60.7 Å². The van der Waals surface area contributed by atoms with Crippen LogP contribution in [-0.4, -0.2) is 34.1 Å². The fourth-order valence-corrected chi connectivity index (χ4v) is 3.06. The van der Waals surface area contributed by atoms with Crippen molar-refractivity contribution in [2.24, 2.45) is 5.10 Å². The summed E-state index contributed by atoms with van der Waals surface area (Å²) < 4.78 is 6.75. The zero-order valence-corrected chi connectivity index (χ0v) is 16.8. The molecule has 31 heavy (non-hydrogen) atoms. The van der Waals surface area contributed by atoms with Gasteiger partial charge < -0.3 is 9.84 Å². The minimum atomic E-state index is -0.386. The van der Waals surface area contributed by atoms with E-state index in [1.54, 1.807) is 23.0 Å². The van der Waals surface area contributed by atoms with E-state index in [-0.39, 0.29) is 11.7 Å². The first-order valence-corrected chi connectivity index (χ1v) is 9.56. The number of hydrogen-bond acceptors (Lipinski definition) is 5. The molecule has 0 saturated carbocycles. The molecule has 154 valence electrons. The van der Waals surface area contributed by atoms with Crippen molar-refractivity contribution in [2.45, 2.75) is 0 Å². The molecule has 0 aliphatic heterocycles. The van der Waals surface area contributed by atoms with Gasteiger partial charge in [-0.3, -0.25) is 4.79 Å². The predicted molar refractivity (Wildman–Crippen MR) is 119 cm³/mol. The number of nitrogens with one attached hydrogen (secondary N) is 1. The van der Waals surface area contributed by atoms with Crippen LogP contribution < -0.4 is 10.2 Å². The predicted octanol–water partition coefficient (Wildman–Crippen LogP) is 4.02. The van der Waals surface area contributed by atoms with Gasteiger partial charge in [-0.05, 0) is 35.9 Å². The molecule has 4 rings (SSSR count). The van der Waals surface area contributed by atoms with Crippen LogP contribution in [0.1, 0.15) is 15.9 Å². The fourth-order valence-electron chi connectivity index (χ4n) is 3.06. The summed E-state index contributed by atoms with van der Waals surface area (Å²) in [5.41, 5.74) is 5.84. The van der Waals surface area contributed by atoms with Crippen molar-refractivity contribution in [3.05, 3.63) is 96.2 Å². The second-order valence-corrected chi connectivity index (χ2v) is 6.67. The minimum Gasteiger partial charge on any atom is -0.504 e. The molecule has 0 fully saturated rings. The number of carbonyl (C=O) groups is 1. The van der Waals surface area contributed by atoms with Gasteiger partial charge in [0.1, 0.15) is 5.69 Å². The van der Waals surface area contributed by atoms with Gasteiger partial charge in [0.2, 0.25) is 0 Å². The molecular weight excluding hydrogens is 392 g/mol. The van der Waals surface area contributed by atoms with E-state index in [1.165, 1.54) is 19.4 Å². The second kappa shape index (κ2) is 8.96. The Morgan fingerprint density at radius 1 is 1.06 bits per heavy atom. The van der Waals surface area contributed by atoms with E-state index < -0.39 is 0 Å². The molecule has 2 N–H and O–H groups in total. The Balaban J connectivity index is 1.61. The Morgan fingerprint density at radius 2 is 1.77 bits per heavy atom. The zero-order chi connectivity index (χ0) is 21.6. The number of ether oxygens (including phenoxy) is 1. The van der Waals surface area contributed by atoms with Crippen LogP contribution in [0.25, 0.3) is 16.9 Å². The third-order valence-corrected chi connectivity index (χ3v) is 4.61. The first-order chi connectivity index (χ1) is 15.2. The third-order valence-electron chi connectivity index (χ3n) is 4.61. The number of phenolic OH excluding ortho intramolecular Hbond substituents is 1. The van der Waals surface area contributed by atoms with Gasteiger partial charge in [-0.25, -0.2) is 10.1 Å². The summed E-state index contributed by atoms with van der Waals surface area (Å²) in [6.07, 6.45) is 3.16. The van der Waals surface area contributed by atoms with Crippen molar-refractivity contribution >= 4 is 12.1 Å². The van der Waals surface area contributed by atoms with Crippen LogP contribution in [0.4, 0.5) is 0 Å². The van der Waals surface area contributed by atoms with Crippen LogP contribution in [0.5, 0.6) is 11.5 Å². The summed E-state index contributed by atoms with van der Waals surface area (Å²) in [5.74, 6) is -0.0293. The number of rotatable bonds is 6. The SMILES string of the molecule is COc1cc(/C=N\NC(=O)c2cn(-c3ccccc3)nc2-c2ccccc2)ccc1O. The summed E-state index contributed by atoms with van der Waals surface area (Å²) in [6.45, 7) is 0. The average molecular weight is 412 g/mol. The van der Waals surface area contributed by atoms with Gasteiger partial charge in [0.05, 0.1) is 24.6 Å². The molecule has 0 unspecified atom stereocenters. The van der Waals surface area contributed by atoms with Crippen molar-refractivity contribution in [2.75, 3.05) is 7.11 Å². The van der Waals surface area contributed by atoms with E-state index >= 15 is 0 Å². The normalized spacial score (nSPS) is 10.9. The lowest BCUT2D eigenvalue weighted by Crippen LogP contribution is -2.18. The van der Waals surface area contributed by atoms with E-state index in [9.17, 15) is 9.90 Å². The molecule has 7 nitrogen and oxygen atoms in total. The number of hydrogen-bond donors (Lipinski definition) is 2. The third kappa shape index (κ3) is 4.45. The number of benzene rings is 3. The summed E-state index contributed by atoms with van der Waals surface area (Å²) >= 11 is 0. The highest BCUT2D eigenvalue weighted by atomic mass is 16.5. The van der Waals surface area contributed by atoms with Gasteiger partial charge >= 0.3 is 0 Å². The van der Waals surface area contributed by atoms with Gasteiger partial charge in [0, 0.05) is 11.8 Å². The molecule has 3 aromatic carbocycles. The lowest BCUT2D eigenvalue weighted by Gasteiger charge is -2.04. The molecule has 0 aliphatic rings. The highest BCUT2D eigenvalue weighted by Gasteiger charge is 2.18. The van der Waals surface area contributed by atoms with Gasteiger partial charge in [-0.2, -0.15) is 10.2 Å². The number of hydrazone groups is 1. The van der Waals surface area contributed by atoms with Crippen molar-refractivity contribution in [3.63, 3.8) is 0 Å². The molecule has 0 saturated heterocycles. The smallest absolute Gasteiger partial charge is 0.275 e. The highest BCUT2D eigenvalue weighted by Crippen LogP contribution is 2.26. The molecule has 1 aromatic heterocycles. The Labute approximate surface area is 179 Å². The Hall–Kier alpha value is -4.39. The van der Waals surface area contributed by atoms with Crippen molar-refractivity contribution < 1.29 is 14.6 Å². The first-order valence-electron chi connectivity index (χ1n) is 9.56. The standard InChI is InChI=1S/C24H20N4O3/c1-31-22-14-17(12-13-21(22)29)15-25-26-24(30)20-16-28(19-10-6-3-7-11-19)27-23(20)18-8-4-2-5-9-18/h2-16,29H,1H3,(H,26,30)/b25-15-. The molecular formula is C24H20N4O3. The van der Waals surface area contributed by atoms with Gasteiger partial charge in [0.25, 0.3) is 5.91 Å². The molecule has 0 spiro atoms. The molecule has 0 atom stereocenters. The molecule has 1 heterocycles. The van der Waals surface area contributed by atoms with Gasteiger partial charge in [-0.1, -0.05) is 48.5 Å². The topological polar surface area (TPSA) is 88.7 Å². The maximum absolute atomic E-state index is 12.9. The van der Waals surface area contributed by atoms with Crippen LogP contribution in [0, 0.1) is 0 Å². The van der Waals surface area contributed by atoms with Gasteiger partial charge in [0.15, 0.2) is 11.5 Å². The monoisotopic (exact) mass is 412 g/mol. The highest BCUT2D eigenvalue weighted by molar-refractivity contribution is 6.00. The minimum absolute atomic E-state index is 0.0320. The fraction of sp³-hybridized carbons (Fsp3) is 0.0417. The average Bonchev–Trinajstić information content (AvgIpc) is 3.27. The number of methoxy groups -OCH3 is 1. The lowest BCUT2D eigenvalue weighted by atomic mass is 10.1. The molecule has 4 aromatic rings. The number of para-hydroxylation sites is 1. The van der Waals surface area contributed by atoms with Crippen molar-refractivity contribution in [1.82, 2.24) is 15.2 Å². The van der Waals surface area contributed by atoms with Crippen molar-refractivity contribution in [3.8, 4) is 28.4 Å². The zero-order valence-electron chi connectivity index (χ0n) is 16.8. The van der Waals surface area contributed by atoms with Crippen LogP contribution in [0.2, 0.25) is 0 Å². The quantitative estimate of drug-likeness (QED) is 0.370. The number of carbonyl (C=O) groups excluding carboxylic acids is 1. The van der Waals surface area contributed by atoms with E-state index in [2.05, 4.69) is 15.6 Å². The Bertz CT molecular complexity index is 1220. The number of aromatic nitrogens is 2. The van der Waals surface area contributed by atoms with E-state index in [0.717, 1.165) is 11.3 Å². The van der Waals surface area contributed by atoms with Crippen molar-refractivity contribution in [1.29, 1.82) is 0 Å². The molecule has 1 amide bonds. The van der Waals surface area contributed by atoms with Crippen LogP contribution >= 0.6 is 0 Å². The number of aromatic hydroxyl groups is 1. The number of phenols is 1. The Morgan fingerprint density at radius 3 is 2.48 bits per heavy atom. The largest absolute Gasteiger partial charge is 0.504 e. The molecule has 0 bridgehead atoms. The van der Waals surface area contributed by atoms with Crippen LogP contribution in [0.15, 0.2) is 90.2 Å². The maximum Gasteiger partial charge on any atom is 0.275 e. The molecule has 0 radical (unpaired) electrons. The number of nitrogens with zero attached hydrogens (tertiary/aromatic N) is 3. The number of amides is 1. The maximum atomic E-state index is 12.9. The van der Waals surface area contributed by atoms with E-state index in [0.29, 0.717) is 22.6 Å². The second-order valence-electron chi connectivity index (χ2n) is 6.67. The van der Waals surface area contributed by atoms with Crippen LogP contribution in [-0.2, 0) is 0 Å². The summed E-state index contributed by atoms with van der Waals surface area (Å²) in [7, 11) is 1.47. The molecule has 7 heteroatoms. The summed E-state index contributed by atoms with van der Waals surface area (Å²) in [4.78, 5) is 12.9.